The van der Waals surface area contributed by atoms with Crippen LogP contribution in [0.15, 0.2) is 35.7 Å². The minimum Gasteiger partial charge on any atom is -0.340 e. The van der Waals surface area contributed by atoms with Crippen molar-refractivity contribution in [3.05, 3.63) is 41.3 Å². The number of piperidine rings is 1. The summed E-state index contributed by atoms with van der Waals surface area (Å²) in [6, 6.07) is 9.61. The van der Waals surface area contributed by atoms with Crippen LogP contribution in [0, 0.1) is 0 Å². The number of Topliss-reactive ketones (excluding diaryl/α,β-unsaturated/α-hetero) is 1. The van der Waals surface area contributed by atoms with Gasteiger partial charge in [0.15, 0.2) is 0 Å². The molecule has 1 aromatic carbocycles. The van der Waals surface area contributed by atoms with E-state index in [1.807, 2.05) is 35.7 Å². The fourth-order valence-electron chi connectivity index (χ4n) is 2.71. The average molecular weight is 330 g/mol. The van der Waals surface area contributed by atoms with Crippen molar-refractivity contribution in [2.75, 3.05) is 25.4 Å². The molecule has 5 nitrogen and oxygen atoms in total. The van der Waals surface area contributed by atoms with Crippen LogP contribution >= 0.6 is 11.8 Å². The Hall–Kier alpha value is -2.08. The Morgan fingerprint density at radius 2 is 1.78 bits per heavy atom. The molecule has 3 rings (SSSR count). The molecule has 0 radical (unpaired) electrons. The van der Waals surface area contributed by atoms with E-state index in [4.69, 9.17) is 0 Å². The topological polar surface area (TPSA) is 57.7 Å². The Morgan fingerprint density at radius 1 is 1.09 bits per heavy atom. The van der Waals surface area contributed by atoms with Crippen molar-refractivity contribution >= 4 is 35.1 Å². The largest absolute Gasteiger partial charge is 0.340 e. The third kappa shape index (κ3) is 3.64. The molecule has 2 aliphatic heterocycles. The monoisotopic (exact) mass is 330 g/mol. The maximum atomic E-state index is 12.5. The Labute approximate surface area is 139 Å². The summed E-state index contributed by atoms with van der Waals surface area (Å²) in [5.41, 5.74) is 1.70. The van der Waals surface area contributed by atoms with Gasteiger partial charge in [0, 0.05) is 25.9 Å². The van der Waals surface area contributed by atoms with Crippen molar-refractivity contribution in [2.24, 2.45) is 0 Å². The van der Waals surface area contributed by atoms with Crippen molar-refractivity contribution in [3.8, 4) is 0 Å². The summed E-state index contributed by atoms with van der Waals surface area (Å²) in [4.78, 5) is 39.3. The normalized spacial score (nSPS) is 18.9. The molecule has 0 atom stereocenters. The number of rotatable bonds is 3. The van der Waals surface area contributed by atoms with Gasteiger partial charge in [-0.15, -0.1) is 11.8 Å². The molecule has 6 heteroatoms. The van der Waals surface area contributed by atoms with Gasteiger partial charge < -0.3 is 9.80 Å². The number of likely N-dealkylation sites (tertiary alicyclic amines) is 1. The molecule has 2 aliphatic rings. The summed E-state index contributed by atoms with van der Waals surface area (Å²) in [5, 5.41) is 1.93. The lowest BCUT2D eigenvalue weighted by atomic mass is 10.1. The van der Waals surface area contributed by atoms with E-state index in [2.05, 4.69) is 0 Å². The smallest absolute Gasteiger partial charge is 0.242 e. The number of benzene rings is 1. The highest BCUT2D eigenvalue weighted by atomic mass is 32.2. The number of ketones is 1. The molecule has 1 saturated heterocycles. The first-order valence-electron chi connectivity index (χ1n) is 7.62. The van der Waals surface area contributed by atoms with Gasteiger partial charge in [-0.1, -0.05) is 30.3 Å². The molecular formula is C17H18N2O3S. The van der Waals surface area contributed by atoms with E-state index in [0.29, 0.717) is 31.7 Å². The molecule has 0 aromatic heterocycles. The second kappa shape index (κ2) is 7.00. The fourth-order valence-corrected chi connectivity index (χ4v) is 3.52. The molecule has 2 heterocycles. The van der Waals surface area contributed by atoms with Crippen LogP contribution < -0.4 is 0 Å². The minimum absolute atomic E-state index is 0.0360. The Kier molecular flexibility index (Phi) is 4.81. The quantitative estimate of drug-likeness (QED) is 0.847. The number of hydrogen-bond donors (Lipinski definition) is 0. The standard InChI is InChI=1S/C17H18N2O3S/c20-14-6-8-18(9-7-14)16(21)10-19-15(11-23-12-17(19)22)13-4-2-1-3-5-13/h1-5,11H,6-10,12H2. The number of hydrogen-bond acceptors (Lipinski definition) is 4. The molecule has 0 bridgehead atoms. The molecule has 1 aromatic rings. The predicted octanol–water partition coefficient (Wildman–Crippen LogP) is 1.75. The van der Waals surface area contributed by atoms with Gasteiger partial charge in [0.2, 0.25) is 11.8 Å². The van der Waals surface area contributed by atoms with Crippen molar-refractivity contribution < 1.29 is 14.4 Å². The summed E-state index contributed by atoms with van der Waals surface area (Å²) in [6.45, 7) is 0.950. The molecule has 1 fully saturated rings. The molecule has 0 unspecified atom stereocenters. The van der Waals surface area contributed by atoms with Gasteiger partial charge in [0.1, 0.15) is 12.3 Å². The second-order valence-corrected chi connectivity index (χ2v) is 6.44. The summed E-state index contributed by atoms with van der Waals surface area (Å²) in [7, 11) is 0. The summed E-state index contributed by atoms with van der Waals surface area (Å²) >= 11 is 1.45. The van der Waals surface area contributed by atoms with E-state index in [-0.39, 0.29) is 24.1 Å². The summed E-state index contributed by atoms with van der Waals surface area (Å²) in [5.74, 6) is 0.393. The average Bonchev–Trinajstić information content (AvgIpc) is 2.58. The molecule has 2 amide bonds. The first-order chi connectivity index (χ1) is 11.1. The van der Waals surface area contributed by atoms with Gasteiger partial charge in [-0.05, 0) is 11.0 Å². The van der Waals surface area contributed by atoms with Gasteiger partial charge in [-0.3, -0.25) is 14.4 Å². The van der Waals surface area contributed by atoms with Gasteiger partial charge in [0.25, 0.3) is 0 Å². The van der Waals surface area contributed by atoms with Crippen LogP contribution in [0.1, 0.15) is 18.4 Å². The van der Waals surface area contributed by atoms with Crippen LogP contribution in [-0.2, 0) is 14.4 Å². The Balaban J connectivity index is 1.75. The summed E-state index contributed by atoms with van der Waals surface area (Å²) in [6.07, 6.45) is 0.827. The lowest BCUT2D eigenvalue weighted by molar-refractivity contribution is -0.139. The SMILES string of the molecule is O=C1CCN(C(=O)CN2C(=O)CSC=C2c2ccccc2)CC1. The molecule has 0 saturated carbocycles. The number of carbonyl (C=O) groups excluding carboxylic acids is 3. The maximum absolute atomic E-state index is 12.5. The zero-order valence-electron chi connectivity index (χ0n) is 12.7. The zero-order valence-corrected chi connectivity index (χ0v) is 13.6. The van der Waals surface area contributed by atoms with Crippen LogP contribution in [0.5, 0.6) is 0 Å². The minimum atomic E-state index is -0.0976. The molecule has 0 N–H and O–H groups in total. The van der Waals surface area contributed by atoms with E-state index in [1.54, 1.807) is 9.80 Å². The van der Waals surface area contributed by atoms with Crippen molar-refractivity contribution in [3.63, 3.8) is 0 Å². The number of carbonyl (C=O) groups is 3. The van der Waals surface area contributed by atoms with Crippen LogP contribution in [0.4, 0.5) is 0 Å². The summed E-state index contributed by atoms with van der Waals surface area (Å²) < 4.78 is 0. The van der Waals surface area contributed by atoms with E-state index >= 15 is 0 Å². The first kappa shape index (κ1) is 15.8. The van der Waals surface area contributed by atoms with E-state index in [9.17, 15) is 14.4 Å². The maximum Gasteiger partial charge on any atom is 0.242 e. The second-order valence-electron chi connectivity index (χ2n) is 5.58. The zero-order chi connectivity index (χ0) is 16.2. The predicted molar refractivity (Wildman–Crippen MR) is 89.4 cm³/mol. The highest BCUT2D eigenvalue weighted by molar-refractivity contribution is 8.03. The number of thioether (sulfide) groups is 1. The van der Waals surface area contributed by atoms with Crippen molar-refractivity contribution in [1.29, 1.82) is 0 Å². The lowest BCUT2D eigenvalue weighted by Gasteiger charge is -2.32. The molecular weight excluding hydrogens is 312 g/mol. The van der Waals surface area contributed by atoms with Crippen molar-refractivity contribution in [2.45, 2.75) is 12.8 Å². The van der Waals surface area contributed by atoms with Gasteiger partial charge >= 0.3 is 0 Å². The molecule has 0 spiro atoms. The lowest BCUT2D eigenvalue weighted by Crippen LogP contribution is -2.46. The Morgan fingerprint density at radius 3 is 2.48 bits per heavy atom. The van der Waals surface area contributed by atoms with Crippen LogP contribution in [0.25, 0.3) is 5.70 Å². The number of amides is 2. The number of nitrogens with zero attached hydrogens (tertiary/aromatic N) is 2. The highest BCUT2D eigenvalue weighted by Crippen LogP contribution is 2.28. The van der Waals surface area contributed by atoms with E-state index < -0.39 is 0 Å². The van der Waals surface area contributed by atoms with Crippen molar-refractivity contribution in [1.82, 2.24) is 9.80 Å². The highest BCUT2D eigenvalue weighted by Gasteiger charge is 2.28. The first-order valence-corrected chi connectivity index (χ1v) is 8.67. The van der Waals surface area contributed by atoms with Crippen LogP contribution in [0.3, 0.4) is 0 Å². The van der Waals surface area contributed by atoms with Gasteiger partial charge in [-0.2, -0.15) is 0 Å². The molecule has 0 aliphatic carbocycles. The van der Waals surface area contributed by atoms with Gasteiger partial charge in [-0.25, -0.2) is 0 Å². The van der Waals surface area contributed by atoms with E-state index in [0.717, 1.165) is 11.3 Å². The van der Waals surface area contributed by atoms with Gasteiger partial charge in [0.05, 0.1) is 11.4 Å². The van der Waals surface area contributed by atoms with E-state index in [1.165, 1.54) is 11.8 Å². The molecule has 23 heavy (non-hydrogen) atoms. The fraction of sp³-hybridized carbons (Fsp3) is 0.353. The Bertz CT molecular complexity index is 647. The third-order valence-corrected chi connectivity index (χ3v) is 4.83. The van der Waals surface area contributed by atoms with Crippen LogP contribution in [0.2, 0.25) is 0 Å². The third-order valence-electron chi connectivity index (χ3n) is 4.03. The van der Waals surface area contributed by atoms with Crippen LogP contribution in [-0.4, -0.2) is 52.8 Å². The molecule has 120 valence electrons.